The van der Waals surface area contributed by atoms with Crippen LogP contribution in [0.3, 0.4) is 0 Å². The Kier molecular flexibility index (Phi) is 4.41. The number of nitrogens with zero attached hydrogens (tertiary/aromatic N) is 2. The van der Waals surface area contributed by atoms with Crippen LogP contribution < -0.4 is 5.32 Å². The Bertz CT molecular complexity index is 512. The topological polar surface area (TPSA) is 28.2 Å². The van der Waals surface area contributed by atoms with E-state index >= 15 is 0 Å². The Labute approximate surface area is 120 Å². The molecule has 1 saturated heterocycles. The van der Waals surface area contributed by atoms with Crippen LogP contribution in [0.2, 0.25) is 0 Å². The van der Waals surface area contributed by atoms with Gasteiger partial charge in [0.05, 0.1) is 0 Å². The van der Waals surface area contributed by atoms with Gasteiger partial charge in [-0.25, -0.2) is 0 Å². The smallest absolute Gasteiger partial charge is 0.0271 e. The normalized spacial score (nSPS) is 19.3. The minimum Gasteiger partial charge on any atom is -0.309 e. The second kappa shape index (κ2) is 6.64. The third kappa shape index (κ3) is 3.65. The van der Waals surface area contributed by atoms with Crippen molar-refractivity contribution in [3.05, 3.63) is 66.0 Å². The van der Waals surface area contributed by atoms with Crippen LogP contribution in [0.15, 0.2) is 54.9 Å². The largest absolute Gasteiger partial charge is 0.309 e. The first-order chi connectivity index (χ1) is 9.90. The predicted molar refractivity (Wildman–Crippen MR) is 81.2 cm³/mol. The van der Waals surface area contributed by atoms with Gasteiger partial charge in [0.2, 0.25) is 0 Å². The van der Waals surface area contributed by atoms with Crippen molar-refractivity contribution >= 4 is 0 Å². The van der Waals surface area contributed by atoms with Gasteiger partial charge in [0.15, 0.2) is 0 Å². The molecule has 1 aromatic heterocycles. The maximum atomic E-state index is 4.05. The molecule has 3 nitrogen and oxygen atoms in total. The number of likely N-dealkylation sites (tertiary alicyclic amines) is 1. The van der Waals surface area contributed by atoms with Crippen LogP contribution >= 0.6 is 0 Å². The van der Waals surface area contributed by atoms with E-state index in [0.717, 1.165) is 19.6 Å². The van der Waals surface area contributed by atoms with Gasteiger partial charge in [0.1, 0.15) is 0 Å². The molecule has 1 aliphatic rings. The van der Waals surface area contributed by atoms with Gasteiger partial charge in [-0.1, -0.05) is 30.3 Å². The fourth-order valence-electron chi connectivity index (χ4n) is 2.75. The van der Waals surface area contributed by atoms with Crippen LogP contribution in [0.5, 0.6) is 0 Å². The first kappa shape index (κ1) is 13.3. The Morgan fingerprint density at radius 1 is 1.05 bits per heavy atom. The third-order valence-electron chi connectivity index (χ3n) is 3.87. The quantitative estimate of drug-likeness (QED) is 0.902. The van der Waals surface area contributed by atoms with E-state index in [1.807, 2.05) is 12.4 Å². The van der Waals surface area contributed by atoms with Crippen molar-refractivity contribution in [1.82, 2.24) is 15.2 Å². The Morgan fingerprint density at radius 3 is 2.65 bits per heavy atom. The van der Waals surface area contributed by atoms with Crippen molar-refractivity contribution in [1.29, 1.82) is 0 Å². The highest BCUT2D eigenvalue weighted by atomic mass is 15.2. The van der Waals surface area contributed by atoms with Gasteiger partial charge < -0.3 is 5.32 Å². The van der Waals surface area contributed by atoms with Crippen molar-refractivity contribution in [3.8, 4) is 0 Å². The van der Waals surface area contributed by atoms with Crippen molar-refractivity contribution in [2.75, 3.05) is 13.1 Å². The van der Waals surface area contributed by atoms with Gasteiger partial charge >= 0.3 is 0 Å². The fourth-order valence-corrected chi connectivity index (χ4v) is 2.75. The van der Waals surface area contributed by atoms with Gasteiger partial charge in [-0.2, -0.15) is 0 Å². The van der Waals surface area contributed by atoms with E-state index in [4.69, 9.17) is 0 Å². The van der Waals surface area contributed by atoms with Gasteiger partial charge in [0.25, 0.3) is 0 Å². The molecule has 3 rings (SSSR count). The van der Waals surface area contributed by atoms with E-state index in [2.05, 4.69) is 57.7 Å². The minimum absolute atomic E-state index is 0.604. The third-order valence-corrected chi connectivity index (χ3v) is 3.87. The molecule has 0 saturated carbocycles. The van der Waals surface area contributed by atoms with Crippen LogP contribution in [0.25, 0.3) is 0 Å². The standard InChI is InChI=1S/C17H21N3/c1-2-4-16(5-3-1)13-20-11-8-17(14-20)19-12-15-6-9-18-10-7-15/h1-7,9-10,17,19H,8,11-14H2. The lowest BCUT2D eigenvalue weighted by molar-refractivity contribution is 0.320. The van der Waals surface area contributed by atoms with E-state index in [9.17, 15) is 0 Å². The van der Waals surface area contributed by atoms with Crippen LogP contribution in [0, 0.1) is 0 Å². The van der Waals surface area contributed by atoms with E-state index in [-0.39, 0.29) is 0 Å². The zero-order valence-electron chi connectivity index (χ0n) is 11.7. The van der Waals surface area contributed by atoms with Gasteiger partial charge in [-0.05, 0) is 29.7 Å². The molecule has 3 heteroatoms. The van der Waals surface area contributed by atoms with Crippen molar-refractivity contribution < 1.29 is 0 Å². The van der Waals surface area contributed by atoms with Gasteiger partial charge in [-0.3, -0.25) is 9.88 Å². The van der Waals surface area contributed by atoms with Gasteiger partial charge in [-0.15, -0.1) is 0 Å². The summed E-state index contributed by atoms with van der Waals surface area (Å²) in [6, 6.07) is 15.5. The average Bonchev–Trinajstić information content (AvgIpc) is 2.95. The summed E-state index contributed by atoms with van der Waals surface area (Å²) in [5.41, 5.74) is 2.71. The summed E-state index contributed by atoms with van der Waals surface area (Å²) < 4.78 is 0. The van der Waals surface area contributed by atoms with Crippen LogP contribution in [-0.2, 0) is 13.1 Å². The second-order valence-corrected chi connectivity index (χ2v) is 5.44. The summed E-state index contributed by atoms with van der Waals surface area (Å²) in [6.07, 6.45) is 4.94. The molecule has 1 N–H and O–H groups in total. The number of rotatable bonds is 5. The molecule has 1 aromatic carbocycles. The van der Waals surface area contributed by atoms with E-state index in [0.29, 0.717) is 6.04 Å². The van der Waals surface area contributed by atoms with Crippen molar-refractivity contribution in [3.63, 3.8) is 0 Å². The summed E-state index contributed by atoms with van der Waals surface area (Å²) in [5, 5.41) is 3.64. The fraction of sp³-hybridized carbons (Fsp3) is 0.353. The highest BCUT2D eigenvalue weighted by Crippen LogP contribution is 2.13. The van der Waals surface area contributed by atoms with Gasteiger partial charge in [0, 0.05) is 44.6 Å². The first-order valence-corrected chi connectivity index (χ1v) is 7.29. The number of hydrogen-bond acceptors (Lipinski definition) is 3. The summed E-state index contributed by atoms with van der Waals surface area (Å²) in [4.78, 5) is 6.58. The monoisotopic (exact) mass is 267 g/mol. The molecule has 0 amide bonds. The Balaban J connectivity index is 1.45. The molecule has 0 radical (unpaired) electrons. The highest BCUT2D eigenvalue weighted by Gasteiger charge is 2.21. The molecule has 1 unspecified atom stereocenters. The number of hydrogen-bond donors (Lipinski definition) is 1. The van der Waals surface area contributed by atoms with Crippen LogP contribution in [0.4, 0.5) is 0 Å². The summed E-state index contributed by atoms with van der Waals surface area (Å²) >= 11 is 0. The maximum Gasteiger partial charge on any atom is 0.0271 e. The maximum absolute atomic E-state index is 4.05. The molecule has 1 fully saturated rings. The molecule has 20 heavy (non-hydrogen) atoms. The second-order valence-electron chi connectivity index (χ2n) is 5.44. The molecule has 1 atom stereocenters. The number of nitrogens with one attached hydrogen (secondary N) is 1. The summed E-state index contributed by atoms with van der Waals surface area (Å²) in [5.74, 6) is 0. The number of pyridine rings is 1. The molecule has 2 heterocycles. The molecule has 0 spiro atoms. The van der Waals surface area contributed by atoms with E-state index in [1.54, 1.807) is 0 Å². The molecular formula is C17H21N3. The molecule has 1 aliphatic heterocycles. The Morgan fingerprint density at radius 2 is 1.85 bits per heavy atom. The average molecular weight is 267 g/mol. The van der Waals surface area contributed by atoms with E-state index < -0.39 is 0 Å². The Hall–Kier alpha value is -1.71. The highest BCUT2D eigenvalue weighted by molar-refractivity contribution is 5.15. The summed E-state index contributed by atoms with van der Waals surface area (Å²) in [7, 11) is 0. The number of benzene rings is 1. The molecular weight excluding hydrogens is 246 g/mol. The molecule has 104 valence electrons. The lowest BCUT2D eigenvalue weighted by Gasteiger charge is -2.16. The molecule has 0 bridgehead atoms. The van der Waals surface area contributed by atoms with Crippen molar-refractivity contribution in [2.45, 2.75) is 25.6 Å². The zero-order valence-corrected chi connectivity index (χ0v) is 11.7. The SMILES string of the molecule is c1ccc(CN2CCC(NCc3ccncc3)C2)cc1. The van der Waals surface area contributed by atoms with Crippen molar-refractivity contribution in [2.24, 2.45) is 0 Å². The van der Waals surface area contributed by atoms with Crippen LogP contribution in [-0.4, -0.2) is 29.0 Å². The molecule has 2 aromatic rings. The van der Waals surface area contributed by atoms with Crippen LogP contribution in [0.1, 0.15) is 17.5 Å². The predicted octanol–water partition coefficient (Wildman–Crippen LogP) is 2.45. The molecule has 0 aliphatic carbocycles. The van der Waals surface area contributed by atoms with E-state index in [1.165, 1.54) is 24.1 Å². The first-order valence-electron chi connectivity index (χ1n) is 7.29. The summed E-state index contributed by atoms with van der Waals surface area (Å²) in [6.45, 7) is 4.32. The zero-order chi connectivity index (χ0) is 13.6. The lowest BCUT2D eigenvalue weighted by atomic mass is 10.2. The lowest BCUT2D eigenvalue weighted by Crippen LogP contribution is -2.31. The minimum atomic E-state index is 0.604. The number of aromatic nitrogens is 1.